The first-order valence-electron chi connectivity index (χ1n) is 6.15. The number of benzene rings is 1. The van der Waals surface area contributed by atoms with Crippen LogP contribution in [-0.4, -0.2) is 23.2 Å². The highest BCUT2D eigenvalue weighted by Crippen LogP contribution is 2.30. The van der Waals surface area contributed by atoms with Crippen LogP contribution >= 0.6 is 22.3 Å². The standard InChI is InChI=1S/C12H13Cl2N3O3S/c1-2-5-17-12(15-8-16-17)7-20-10-4-3-9(13)6-11(10)21(14,18)19/h3-4,6,8H,2,5,7H2,1H3. The van der Waals surface area contributed by atoms with E-state index in [0.29, 0.717) is 12.4 Å². The quantitative estimate of drug-likeness (QED) is 0.749. The van der Waals surface area contributed by atoms with Gasteiger partial charge in [0.15, 0.2) is 5.82 Å². The molecule has 6 nitrogen and oxygen atoms in total. The van der Waals surface area contributed by atoms with Gasteiger partial charge in [-0.25, -0.2) is 18.1 Å². The van der Waals surface area contributed by atoms with E-state index in [2.05, 4.69) is 10.1 Å². The minimum atomic E-state index is -3.95. The molecule has 1 aromatic carbocycles. The van der Waals surface area contributed by atoms with Gasteiger partial charge in [0, 0.05) is 22.2 Å². The van der Waals surface area contributed by atoms with Gasteiger partial charge in [-0.2, -0.15) is 5.10 Å². The van der Waals surface area contributed by atoms with Crippen LogP contribution in [-0.2, 0) is 22.2 Å². The highest BCUT2D eigenvalue weighted by Gasteiger charge is 2.18. The van der Waals surface area contributed by atoms with E-state index in [1.807, 2.05) is 6.92 Å². The Morgan fingerprint density at radius 1 is 1.38 bits per heavy atom. The van der Waals surface area contributed by atoms with Crippen molar-refractivity contribution in [2.75, 3.05) is 0 Å². The van der Waals surface area contributed by atoms with Gasteiger partial charge in [-0.3, -0.25) is 0 Å². The average Bonchev–Trinajstić information content (AvgIpc) is 2.84. The molecule has 2 rings (SSSR count). The van der Waals surface area contributed by atoms with Crippen LogP contribution in [0.25, 0.3) is 0 Å². The molecule has 1 heterocycles. The van der Waals surface area contributed by atoms with E-state index >= 15 is 0 Å². The molecule has 0 aliphatic carbocycles. The van der Waals surface area contributed by atoms with Gasteiger partial charge in [-0.15, -0.1) is 0 Å². The zero-order chi connectivity index (χ0) is 15.5. The predicted molar refractivity (Wildman–Crippen MR) is 79.1 cm³/mol. The molecule has 0 N–H and O–H groups in total. The largest absolute Gasteiger partial charge is 0.484 e. The van der Waals surface area contributed by atoms with Gasteiger partial charge in [-0.05, 0) is 24.6 Å². The van der Waals surface area contributed by atoms with Crippen LogP contribution in [0.4, 0.5) is 0 Å². The summed E-state index contributed by atoms with van der Waals surface area (Å²) in [5.41, 5.74) is 0. The number of rotatable bonds is 6. The first-order valence-corrected chi connectivity index (χ1v) is 8.84. The van der Waals surface area contributed by atoms with Gasteiger partial charge in [-0.1, -0.05) is 18.5 Å². The van der Waals surface area contributed by atoms with Gasteiger partial charge in [0.25, 0.3) is 9.05 Å². The number of nitrogens with zero attached hydrogens (tertiary/aromatic N) is 3. The Morgan fingerprint density at radius 2 is 2.14 bits per heavy atom. The SMILES string of the molecule is CCCn1ncnc1COc1ccc(Cl)cc1S(=O)(=O)Cl. The van der Waals surface area contributed by atoms with Crippen molar-refractivity contribution >= 4 is 31.3 Å². The van der Waals surface area contributed by atoms with E-state index in [1.165, 1.54) is 24.5 Å². The van der Waals surface area contributed by atoms with E-state index < -0.39 is 9.05 Å². The monoisotopic (exact) mass is 349 g/mol. The molecule has 2 aromatic rings. The van der Waals surface area contributed by atoms with E-state index in [0.717, 1.165) is 6.42 Å². The van der Waals surface area contributed by atoms with Crippen LogP contribution in [0, 0.1) is 0 Å². The third-order valence-electron chi connectivity index (χ3n) is 2.66. The molecule has 0 unspecified atom stereocenters. The van der Waals surface area contributed by atoms with E-state index in [-0.39, 0.29) is 22.3 Å². The summed E-state index contributed by atoms with van der Waals surface area (Å²) >= 11 is 5.78. The van der Waals surface area contributed by atoms with Gasteiger partial charge >= 0.3 is 0 Å². The average molecular weight is 350 g/mol. The first-order chi connectivity index (χ1) is 9.91. The lowest BCUT2D eigenvalue weighted by Crippen LogP contribution is -2.09. The van der Waals surface area contributed by atoms with Gasteiger partial charge < -0.3 is 4.74 Å². The van der Waals surface area contributed by atoms with Crippen molar-refractivity contribution in [3.63, 3.8) is 0 Å². The molecule has 21 heavy (non-hydrogen) atoms. The molecule has 0 aliphatic heterocycles. The van der Waals surface area contributed by atoms with Crippen molar-refractivity contribution in [1.82, 2.24) is 14.8 Å². The summed E-state index contributed by atoms with van der Waals surface area (Å²) in [5.74, 6) is 0.727. The molecule has 0 spiro atoms. The molecule has 0 atom stereocenters. The summed E-state index contributed by atoms with van der Waals surface area (Å²) < 4.78 is 30.3. The Morgan fingerprint density at radius 3 is 2.81 bits per heavy atom. The summed E-state index contributed by atoms with van der Waals surface area (Å²) in [6.07, 6.45) is 2.33. The van der Waals surface area contributed by atoms with Crippen LogP contribution in [0.15, 0.2) is 29.4 Å². The lowest BCUT2D eigenvalue weighted by Gasteiger charge is -2.10. The number of ether oxygens (including phenoxy) is 1. The fraction of sp³-hybridized carbons (Fsp3) is 0.333. The lowest BCUT2D eigenvalue weighted by atomic mass is 10.3. The highest BCUT2D eigenvalue weighted by atomic mass is 35.7. The Bertz CT molecular complexity index is 731. The number of halogens is 2. The molecule has 0 fully saturated rings. The second-order valence-electron chi connectivity index (χ2n) is 4.22. The van der Waals surface area contributed by atoms with Crippen LogP contribution in [0.3, 0.4) is 0 Å². The molecule has 0 radical (unpaired) electrons. The molecule has 0 saturated heterocycles. The molecule has 1 aromatic heterocycles. The van der Waals surface area contributed by atoms with Crippen molar-refractivity contribution in [3.05, 3.63) is 35.4 Å². The second kappa shape index (κ2) is 6.64. The third kappa shape index (κ3) is 4.09. The molecular weight excluding hydrogens is 337 g/mol. The van der Waals surface area contributed by atoms with Crippen molar-refractivity contribution in [2.24, 2.45) is 0 Å². The molecule has 9 heteroatoms. The number of aromatic nitrogens is 3. The summed E-state index contributed by atoms with van der Waals surface area (Å²) in [6, 6.07) is 4.23. The summed E-state index contributed by atoms with van der Waals surface area (Å²) in [4.78, 5) is 3.91. The smallest absolute Gasteiger partial charge is 0.265 e. The maximum Gasteiger partial charge on any atom is 0.265 e. The zero-order valence-corrected chi connectivity index (χ0v) is 13.5. The number of hydrogen-bond donors (Lipinski definition) is 0. The fourth-order valence-electron chi connectivity index (χ4n) is 1.73. The highest BCUT2D eigenvalue weighted by molar-refractivity contribution is 8.13. The maximum absolute atomic E-state index is 11.5. The van der Waals surface area contributed by atoms with Crippen molar-refractivity contribution in [3.8, 4) is 5.75 Å². The Hall–Kier alpha value is -1.31. The predicted octanol–water partition coefficient (Wildman–Crippen LogP) is 2.85. The zero-order valence-electron chi connectivity index (χ0n) is 11.2. The fourth-order valence-corrected chi connectivity index (χ4v) is 2.97. The topological polar surface area (TPSA) is 74.1 Å². The minimum Gasteiger partial charge on any atom is -0.484 e. The first kappa shape index (κ1) is 16.1. The van der Waals surface area contributed by atoms with Crippen LogP contribution in [0.1, 0.15) is 19.2 Å². The van der Waals surface area contributed by atoms with Crippen molar-refractivity contribution < 1.29 is 13.2 Å². The molecule has 0 aliphatic rings. The Labute approximate surface area is 132 Å². The molecular formula is C12H13Cl2N3O3S. The second-order valence-corrected chi connectivity index (χ2v) is 7.19. The van der Waals surface area contributed by atoms with E-state index in [1.54, 1.807) is 4.68 Å². The normalized spacial score (nSPS) is 11.6. The van der Waals surface area contributed by atoms with Crippen LogP contribution < -0.4 is 4.74 Å². The van der Waals surface area contributed by atoms with Gasteiger partial charge in [0.05, 0.1) is 0 Å². The maximum atomic E-state index is 11.5. The number of aryl methyl sites for hydroxylation is 1. The molecule has 114 valence electrons. The molecule has 0 amide bonds. The summed E-state index contributed by atoms with van der Waals surface area (Å²) in [5, 5.41) is 4.32. The van der Waals surface area contributed by atoms with E-state index in [9.17, 15) is 8.42 Å². The van der Waals surface area contributed by atoms with Crippen molar-refractivity contribution in [2.45, 2.75) is 31.4 Å². The van der Waals surface area contributed by atoms with Gasteiger partial charge in [0.2, 0.25) is 0 Å². The summed E-state index contributed by atoms with van der Waals surface area (Å²) in [7, 11) is 1.43. The lowest BCUT2D eigenvalue weighted by molar-refractivity contribution is 0.279. The molecule has 0 saturated carbocycles. The van der Waals surface area contributed by atoms with Crippen LogP contribution in [0.2, 0.25) is 5.02 Å². The van der Waals surface area contributed by atoms with Gasteiger partial charge in [0.1, 0.15) is 23.6 Å². The minimum absolute atomic E-state index is 0.0844. The Kier molecular flexibility index (Phi) is 5.08. The Balaban J connectivity index is 2.22. The molecule has 0 bridgehead atoms. The van der Waals surface area contributed by atoms with Crippen LogP contribution in [0.5, 0.6) is 5.75 Å². The van der Waals surface area contributed by atoms with E-state index in [4.69, 9.17) is 27.0 Å². The third-order valence-corrected chi connectivity index (χ3v) is 4.23. The number of hydrogen-bond acceptors (Lipinski definition) is 5. The summed E-state index contributed by atoms with van der Waals surface area (Å²) in [6.45, 7) is 2.81. The van der Waals surface area contributed by atoms with Crippen molar-refractivity contribution in [1.29, 1.82) is 0 Å².